The molecule has 0 saturated carbocycles. The molecule has 8 heteroatoms. The lowest BCUT2D eigenvalue weighted by atomic mass is 10.1. The molecule has 4 aromatic rings. The van der Waals surface area contributed by atoms with Gasteiger partial charge in [0.25, 0.3) is 11.1 Å². The molecule has 1 aliphatic heterocycles. The fourth-order valence-corrected chi connectivity index (χ4v) is 5.43. The summed E-state index contributed by atoms with van der Waals surface area (Å²) < 4.78 is 2.10. The molecule has 0 spiro atoms. The lowest BCUT2D eigenvalue weighted by molar-refractivity contribution is -0.127. The molecule has 0 aliphatic carbocycles. The monoisotopic (exact) mass is 529 g/mol. The lowest BCUT2D eigenvalue weighted by Gasteiger charge is -2.13. The molecule has 0 unspecified atom stereocenters. The molecule has 0 atom stereocenters. The van der Waals surface area contributed by atoms with Crippen molar-refractivity contribution in [2.24, 2.45) is 0 Å². The minimum absolute atomic E-state index is 0.290. The van der Waals surface area contributed by atoms with E-state index in [0.29, 0.717) is 22.2 Å². The van der Waals surface area contributed by atoms with Gasteiger partial charge in [-0.25, -0.2) is 0 Å². The molecule has 3 aromatic carbocycles. The van der Waals surface area contributed by atoms with Crippen LogP contribution in [0.4, 0.5) is 10.5 Å². The summed E-state index contributed by atoms with van der Waals surface area (Å²) in [6, 6.07) is 21.3. The van der Waals surface area contributed by atoms with Crippen molar-refractivity contribution < 1.29 is 14.4 Å². The third-order valence-corrected chi connectivity index (χ3v) is 7.21. The summed E-state index contributed by atoms with van der Waals surface area (Å²) >= 11 is 6.87. The number of nitrogens with one attached hydrogen (secondary N) is 1. The van der Waals surface area contributed by atoms with Crippen LogP contribution in [0.5, 0.6) is 0 Å². The van der Waals surface area contributed by atoms with Gasteiger partial charge in [0, 0.05) is 39.9 Å². The number of fused-ring (bicyclic) bond motifs is 1. The first-order valence-corrected chi connectivity index (χ1v) is 12.9. The number of hydrogen-bond donors (Lipinski definition) is 1. The number of carbonyl (C=O) groups is 3. The highest BCUT2D eigenvalue weighted by molar-refractivity contribution is 8.18. The maximum Gasteiger partial charge on any atom is 0.294 e. The number of halogens is 1. The molecule has 3 amide bonds. The van der Waals surface area contributed by atoms with Gasteiger partial charge < -0.3 is 9.88 Å². The van der Waals surface area contributed by atoms with Crippen LogP contribution in [0.3, 0.4) is 0 Å². The molecule has 1 aromatic heterocycles. The van der Waals surface area contributed by atoms with Crippen molar-refractivity contribution in [3.8, 4) is 0 Å². The quantitative estimate of drug-likeness (QED) is 0.284. The van der Waals surface area contributed by atoms with E-state index in [0.717, 1.165) is 49.8 Å². The van der Waals surface area contributed by atoms with Gasteiger partial charge in [0.2, 0.25) is 5.91 Å². The van der Waals surface area contributed by atoms with Crippen LogP contribution in [-0.2, 0) is 16.1 Å². The first-order chi connectivity index (χ1) is 17.8. The average molecular weight is 530 g/mol. The maximum atomic E-state index is 13.1. The summed E-state index contributed by atoms with van der Waals surface area (Å²) in [6.45, 7) is 4.17. The van der Waals surface area contributed by atoms with Crippen molar-refractivity contribution in [1.82, 2.24) is 9.47 Å². The van der Waals surface area contributed by atoms with Crippen LogP contribution in [0, 0.1) is 13.8 Å². The molecule has 6 nitrogen and oxygen atoms in total. The van der Waals surface area contributed by atoms with Crippen LogP contribution in [0.15, 0.2) is 77.8 Å². The van der Waals surface area contributed by atoms with E-state index in [2.05, 4.69) is 9.88 Å². The number of amides is 3. The van der Waals surface area contributed by atoms with Crippen molar-refractivity contribution in [2.45, 2.75) is 20.4 Å². The Morgan fingerprint density at radius 2 is 1.70 bits per heavy atom. The summed E-state index contributed by atoms with van der Waals surface area (Å²) in [5.74, 6) is -0.895. The molecular weight excluding hydrogens is 506 g/mol. The van der Waals surface area contributed by atoms with E-state index in [9.17, 15) is 14.4 Å². The summed E-state index contributed by atoms with van der Waals surface area (Å²) in [6.07, 6.45) is 3.70. The van der Waals surface area contributed by atoms with Crippen molar-refractivity contribution in [2.75, 3.05) is 11.9 Å². The first kappa shape index (κ1) is 24.9. The number of para-hydroxylation sites is 1. The summed E-state index contributed by atoms with van der Waals surface area (Å²) in [5.41, 5.74) is 5.59. The summed E-state index contributed by atoms with van der Waals surface area (Å²) in [7, 11) is 0. The van der Waals surface area contributed by atoms with E-state index in [1.165, 1.54) is 0 Å². The molecular formula is C29H24ClN3O3S. The second-order valence-electron chi connectivity index (χ2n) is 9.05. The number of imide groups is 1. The van der Waals surface area contributed by atoms with Crippen molar-refractivity contribution in [1.29, 1.82) is 0 Å². The van der Waals surface area contributed by atoms with E-state index >= 15 is 0 Å². The zero-order chi connectivity index (χ0) is 26.1. The molecule has 37 heavy (non-hydrogen) atoms. The first-order valence-electron chi connectivity index (χ1n) is 11.7. The highest BCUT2D eigenvalue weighted by Gasteiger charge is 2.36. The topological polar surface area (TPSA) is 71.4 Å². The van der Waals surface area contributed by atoms with Gasteiger partial charge >= 0.3 is 0 Å². The Balaban J connectivity index is 1.36. The predicted octanol–water partition coefficient (Wildman–Crippen LogP) is 6.63. The fourth-order valence-electron chi connectivity index (χ4n) is 4.48. The molecule has 1 saturated heterocycles. The minimum atomic E-state index is -0.472. The largest absolute Gasteiger partial charge is 0.342 e. The number of carbonyl (C=O) groups excluding carboxylic acids is 3. The Hall–Kier alpha value is -3.81. The molecule has 186 valence electrons. The van der Waals surface area contributed by atoms with Crippen LogP contribution >= 0.6 is 23.4 Å². The molecule has 1 fully saturated rings. The van der Waals surface area contributed by atoms with Gasteiger partial charge in [-0.05, 0) is 78.7 Å². The van der Waals surface area contributed by atoms with Crippen molar-refractivity contribution in [3.05, 3.63) is 105 Å². The van der Waals surface area contributed by atoms with Crippen LogP contribution in [0.1, 0.15) is 22.3 Å². The lowest BCUT2D eigenvalue weighted by Crippen LogP contribution is -2.36. The second-order valence-corrected chi connectivity index (χ2v) is 10.5. The average Bonchev–Trinajstić information content (AvgIpc) is 3.32. The second kappa shape index (κ2) is 10.3. The number of anilines is 1. The summed E-state index contributed by atoms with van der Waals surface area (Å²) in [5, 5.41) is 3.97. The third kappa shape index (κ3) is 5.48. The molecule has 1 N–H and O–H groups in total. The SMILES string of the molecule is Cc1cc(C)cc(NC(=O)CN2C(=O)S/C(=C\c3cn(Cc4ccc(Cl)cc4)c4ccccc34)C2=O)c1. The minimum Gasteiger partial charge on any atom is -0.342 e. The molecule has 5 rings (SSSR count). The van der Waals surface area contributed by atoms with Gasteiger partial charge in [-0.2, -0.15) is 0 Å². The van der Waals surface area contributed by atoms with E-state index in [-0.39, 0.29) is 6.54 Å². The molecule has 2 heterocycles. The Morgan fingerprint density at radius 1 is 1.00 bits per heavy atom. The zero-order valence-corrected chi connectivity index (χ0v) is 21.9. The Bertz CT molecular complexity index is 1550. The van der Waals surface area contributed by atoms with Crippen LogP contribution in [0.25, 0.3) is 17.0 Å². The molecule has 0 radical (unpaired) electrons. The maximum absolute atomic E-state index is 13.1. The van der Waals surface area contributed by atoms with Gasteiger partial charge in [0.05, 0.1) is 4.91 Å². The molecule has 0 bridgehead atoms. The highest BCUT2D eigenvalue weighted by Crippen LogP contribution is 2.34. The number of thioether (sulfide) groups is 1. The number of aryl methyl sites for hydroxylation is 2. The highest BCUT2D eigenvalue weighted by atomic mass is 35.5. The predicted molar refractivity (Wildman–Crippen MR) is 150 cm³/mol. The van der Waals surface area contributed by atoms with Gasteiger partial charge in [-0.3, -0.25) is 19.3 Å². The van der Waals surface area contributed by atoms with E-state index in [4.69, 9.17) is 11.6 Å². The standard InChI is InChI=1S/C29H24ClN3O3S/c1-18-11-19(2)13-23(12-18)31-27(34)17-33-28(35)26(37-29(33)36)14-21-16-32(25-6-4-3-5-24(21)25)15-20-7-9-22(30)10-8-20/h3-14,16H,15,17H2,1-2H3,(H,31,34)/b26-14-. The smallest absolute Gasteiger partial charge is 0.294 e. The number of rotatable bonds is 6. The van der Waals surface area contributed by atoms with E-state index in [1.54, 1.807) is 6.08 Å². The molecule has 1 aliphatic rings. The van der Waals surface area contributed by atoms with Crippen LogP contribution in [-0.4, -0.2) is 33.1 Å². The normalized spacial score (nSPS) is 14.7. The van der Waals surface area contributed by atoms with Gasteiger partial charge in [0.15, 0.2) is 0 Å². The Labute approximate surface area is 223 Å². The Morgan fingerprint density at radius 3 is 2.43 bits per heavy atom. The van der Waals surface area contributed by atoms with E-state index < -0.39 is 17.1 Å². The fraction of sp³-hybridized carbons (Fsp3) is 0.138. The van der Waals surface area contributed by atoms with Gasteiger partial charge in [-0.1, -0.05) is 48.0 Å². The number of nitrogens with zero attached hydrogens (tertiary/aromatic N) is 2. The number of aromatic nitrogens is 1. The van der Waals surface area contributed by atoms with Gasteiger partial charge in [-0.15, -0.1) is 0 Å². The van der Waals surface area contributed by atoms with Crippen LogP contribution < -0.4 is 5.32 Å². The number of hydrogen-bond acceptors (Lipinski definition) is 4. The van der Waals surface area contributed by atoms with Crippen molar-refractivity contribution >= 4 is 63.1 Å². The number of benzene rings is 3. The zero-order valence-electron chi connectivity index (χ0n) is 20.3. The Kier molecular flexibility index (Phi) is 6.91. The van der Waals surface area contributed by atoms with Crippen molar-refractivity contribution in [3.63, 3.8) is 0 Å². The third-order valence-electron chi connectivity index (χ3n) is 6.05. The summed E-state index contributed by atoms with van der Waals surface area (Å²) in [4.78, 5) is 39.6. The van der Waals surface area contributed by atoms with E-state index in [1.807, 2.05) is 86.8 Å². The van der Waals surface area contributed by atoms with Crippen LogP contribution in [0.2, 0.25) is 5.02 Å². The van der Waals surface area contributed by atoms with Gasteiger partial charge in [0.1, 0.15) is 6.54 Å².